The summed E-state index contributed by atoms with van der Waals surface area (Å²) in [5, 5.41) is 11.8. The fourth-order valence-corrected chi connectivity index (χ4v) is 4.89. The molecule has 1 saturated carbocycles. The van der Waals surface area contributed by atoms with Crippen molar-refractivity contribution >= 4 is 22.7 Å². The molecule has 1 aliphatic heterocycles. The lowest BCUT2D eigenvalue weighted by Crippen LogP contribution is -2.51. The largest absolute Gasteiger partial charge is 0.354 e. The minimum atomic E-state index is -0.222. The van der Waals surface area contributed by atoms with E-state index in [9.17, 15) is 9.59 Å². The average Bonchev–Trinajstić information content (AvgIpc) is 3.26. The highest BCUT2D eigenvalue weighted by molar-refractivity contribution is 5.98. The van der Waals surface area contributed by atoms with Gasteiger partial charge in [-0.2, -0.15) is 0 Å². The van der Waals surface area contributed by atoms with Crippen molar-refractivity contribution in [1.29, 1.82) is 0 Å². The Labute approximate surface area is 174 Å². The maximum absolute atomic E-state index is 13.1. The summed E-state index contributed by atoms with van der Waals surface area (Å²) in [6.07, 6.45) is 7.53. The molecule has 2 aliphatic rings. The minimum Gasteiger partial charge on any atom is -0.354 e. The van der Waals surface area contributed by atoms with Crippen LogP contribution in [-0.4, -0.2) is 56.8 Å². The van der Waals surface area contributed by atoms with Gasteiger partial charge in [-0.1, -0.05) is 11.3 Å². The Hall–Kier alpha value is -3.29. The molecular weight excluding hydrogens is 380 g/mol. The van der Waals surface area contributed by atoms with Gasteiger partial charge in [-0.3, -0.25) is 14.6 Å². The lowest BCUT2D eigenvalue weighted by molar-refractivity contribution is -0.0268. The van der Waals surface area contributed by atoms with Crippen molar-refractivity contribution in [2.24, 2.45) is 5.41 Å². The van der Waals surface area contributed by atoms with Crippen LogP contribution in [0.25, 0.3) is 10.9 Å². The topological polar surface area (TPSA) is 93.0 Å². The molecular formula is C22H24N6O2. The maximum atomic E-state index is 13.1. The average molecular weight is 404 g/mol. The molecule has 1 atom stereocenters. The van der Waals surface area contributed by atoms with Gasteiger partial charge < -0.3 is 10.2 Å². The number of carbonyl (C=O) groups excluding carboxylic acids is 2. The number of hydrogen-bond donors (Lipinski definition) is 1. The highest BCUT2D eigenvalue weighted by Crippen LogP contribution is 2.56. The number of hydrogen-bond acceptors (Lipinski definition) is 5. The lowest BCUT2D eigenvalue weighted by Gasteiger charge is -2.53. The van der Waals surface area contributed by atoms with Gasteiger partial charge in [0.25, 0.3) is 11.8 Å². The van der Waals surface area contributed by atoms with Crippen LogP contribution in [0.5, 0.6) is 0 Å². The molecule has 2 fully saturated rings. The van der Waals surface area contributed by atoms with E-state index in [1.165, 1.54) is 0 Å². The van der Waals surface area contributed by atoms with E-state index in [0.29, 0.717) is 11.3 Å². The van der Waals surface area contributed by atoms with E-state index in [1.54, 1.807) is 19.4 Å². The van der Waals surface area contributed by atoms with Gasteiger partial charge in [-0.25, -0.2) is 4.68 Å². The number of fused-ring (bicyclic) bond motifs is 1. The number of nitrogens with zero attached hydrogens (tertiary/aromatic N) is 5. The number of piperidine rings is 1. The summed E-state index contributed by atoms with van der Waals surface area (Å²) in [7, 11) is 1.59. The molecule has 5 rings (SSSR count). The summed E-state index contributed by atoms with van der Waals surface area (Å²) in [6.45, 7) is 1.47. The molecule has 2 aromatic heterocycles. The molecule has 1 aliphatic carbocycles. The van der Waals surface area contributed by atoms with E-state index in [0.717, 1.165) is 49.7 Å². The van der Waals surface area contributed by atoms with Gasteiger partial charge >= 0.3 is 0 Å². The fraction of sp³-hybridized carbons (Fsp3) is 0.409. The van der Waals surface area contributed by atoms with E-state index in [4.69, 9.17) is 0 Å². The number of carbonyl (C=O) groups is 2. The molecule has 1 saturated heterocycles. The van der Waals surface area contributed by atoms with E-state index in [1.807, 2.05) is 39.9 Å². The van der Waals surface area contributed by atoms with Gasteiger partial charge in [-0.15, -0.1) is 5.10 Å². The molecule has 3 heterocycles. The van der Waals surface area contributed by atoms with Crippen LogP contribution in [0.2, 0.25) is 0 Å². The fourth-order valence-electron chi connectivity index (χ4n) is 4.89. The van der Waals surface area contributed by atoms with Crippen molar-refractivity contribution in [2.45, 2.75) is 31.7 Å². The second-order valence-electron chi connectivity index (χ2n) is 8.28. The third kappa shape index (κ3) is 3.03. The predicted molar refractivity (Wildman–Crippen MR) is 111 cm³/mol. The molecule has 8 heteroatoms. The van der Waals surface area contributed by atoms with Crippen LogP contribution in [-0.2, 0) is 0 Å². The lowest BCUT2D eigenvalue weighted by atomic mass is 9.59. The first-order valence-corrected chi connectivity index (χ1v) is 10.4. The number of benzene rings is 1. The minimum absolute atomic E-state index is 0.0779. The highest BCUT2D eigenvalue weighted by Gasteiger charge is 2.50. The number of nitrogens with one attached hydrogen (secondary N) is 1. The summed E-state index contributed by atoms with van der Waals surface area (Å²) in [5.74, 6) is -0.144. The van der Waals surface area contributed by atoms with Crippen LogP contribution in [0.3, 0.4) is 0 Å². The van der Waals surface area contributed by atoms with Gasteiger partial charge in [0.05, 0.1) is 17.8 Å². The summed E-state index contributed by atoms with van der Waals surface area (Å²) >= 11 is 0. The van der Waals surface area contributed by atoms with E-state index >= 15 is 0 Å². The molecule has 1 N–H and O–H groups in total. The molecule has 1 aromatic carbocycles. The van der Waals surface area contributed by atoms with Crippen LogP contribution in [0, 0.1) is 5.41 Å². The monoisotopic (exact) mass is 404 g/mol. The SMILES string of the molecule is CNC(=O)c1cn(C2CCC23CCN(C(=O)c2ccc4ncccc4c2)CC3)nn1. The van der Waals surface area contributed by atoms with Crippen molar-refractivity contribution in [3.63, 3.8) is 0 Å². The van der Waals surface area contributed by atoms with Crippen LogP contribution in [0.4, 0.5) is 0 Å². The molecule has 30 heavy (non-hydrogen) atoms. The summed E-state index contributed by atoms with van der Waals surface area (Å²) in [5.41, 5.74) is 2.09. The van der Waals surface area contributed by atoms with Crippen molar-refractivity contribution < 1.29 is 9.59 Å². The Morgan fingerprint density at radius 2 is 2.00 bits per heavy atom. The number of amides is 2. The van der Waals surface area contributed by atoms with Crippen LogP contribution >= 0.6 is 0 Å². The first-order valence-electron chi connectivity index (χ1n) is 10.4. The van der Waals surface area contributed by atoms with Gasteiger partial charge in [0.2, 0.25) is 0 Å². The maximum Gasteiger partial charge on any atom is 0.273 e. The van der Waals surface area contributed by atoms with Crippen LogP contribution < -0.4 is 5.32 Å². The standard InChI is InChI=1S/C22H24N6O2/c1-23-20(29)18-14-28(26-25-18)19-6-7-22(19)8-11-27(12-9-22)21(30)16-4-5-17-15(13-16)3-2-10-24-17/h2-5,10,13-14,19H,6-9,11-12H2,1H3,(H,23,29). The first kappa shape index (κ1) is 18.7. The van der Waals surface area contributed by atoms with Gasteiger partial charge in [-0.05, 0) is 55.4 Å². The molecule has 1 spiro atoms. The number of pyridine rings is 1. The molecule has 0 radical (unpaired) electrons. The van der Waals surface area contributed by atoms with Gasteiger partial charge in [0.1, 0.15) is 0 Å². The Bertz CT molecular complexity index is 1120. The zero-order valence-electron chi connectivity index (χ0n) is 16.9. The Kier molecular flexibility index (Phi) is 4.49. The summed E-state index contributed by atoms with van der Waals surface area (Å²) in [6, 6.07) is 9.81. The Balaban J connectivity index is 1.28. The van der Waals surface area contributed by atoms with Gasteiger partial charge in [0.15, 0.2) is 5.69 Å². The Morgan fingerprint density at radius 1 is 1.17 bits per heavy atom. The molecule has 1 unspecified atom stereocenters. The molecule has 2 amide bonds. The normalized spacial score (nSPS) is 20.2. The second kappa shape index (κ2) is 7.19. The molecule has 3 aromatic rings. The zero-order chi connectivity index (χ0) is 20.7. The molecule has 0 bridgehead atoms. The van der Waals surface area contributed by atoms with Crippen LogP contribution in [0.15, 0.2) is 42.7 Å². The zero-order valence-corrected chi connectivity index (χ0v) is 16.9. The summed E-state index contributed by atoms with van der Waals surface area (Å²) < 4.78 is 1.85. The first-order chi connectivity index (χ1) is 14.6. The van der Waals surface area contributed by atoms with E-state index in [-0.39, 0.29) is 23.3 Å². The third-order valence-corrected chi connectivity index (χ3v) is 6.81. The van der Waals surface area contributed by atoms with Crippen molar-refractivity contribution in [3.05, 3.63) is 54.0 Å². The smallest absolute Gasteiger partial charge is 0.273 e. The van der Waals surface area contributed by atoms with Crippen LogP contribution in [0.1, 0.15) is 52.6 Å². The third-order valence-electron chi connectivity index (χ3n) is 6.81. The van der Waals surface area contributed by atoms with Gasteiger partial charge in [0, 0.05) is 37.3 Å². The highest BCUT2D eigenvalue weighted by atomic mass is 16.2. The van der Waals surface area contributed by atoms with E-state index < -0.39 is 0 Å². The predicted octanol–water partition coefficient (Wildman–Crippen LogP) is 2.44. The molecule has 8 nitrogen and oxygen atoms in total. The summed E-state index contributed by atoms with van der Waals surface area (Å²) in [4.78, 5) is 31.1. The Morgan fingerprint density at radius 3 is 2.73 bits per heavy atom. The van der Waals surface area contributed by atoms with E-state index in [2.05, 4.69) is 20.6 Å². The van der Waals surface area contributed by atoms with Crippen molar-refractivity contribution in [3.8, 4) is 0 Å². The quantitative estimate of drug-likeness (QED) is 0.724. The van der Waals surface area contributed by atoms with Crippen molar-refractivity contribution in [1.82, 2.24) is 30.2 Å². The number of likely N-dealkylation sites (tertiary alicyclic amines) is 1. The molecule has 154 valence electrons. The second-order valence-corrected chi connectivity index (χ2v) is 8.28. The number of rotatable bonds is 3. The number of aromatic nitrogens is 4. The van der Waals surface area contributed by atoms with Crippen molar-refractivity contribution in [2.75, 3.05) is 20.1 Å².